The average molecular weight is 198 g/mol. The van der Waals surface area contributed by atoms with Crippen molar-refractivity contribution in [2.75, 3.05) is 33.2 Å². The van der Waals surface area contributed by atoms with Crippen molar-refractivity contribution in [3.05, 3.63) is 0 Å². The third-order valence-electron chi connectivity index (χ3n) is 2.78. The molecular formula is C11H22N2O. The number of rotatable bonds is 3. The van der Waals surface area contributed by atoms with Gasteiger partial charge in [-0.05, 0) is 25.3 Å². The number of hydrogen-bond donors (Lipinski definition) is 0. The van der Waals surface area contributed by atoms with Crippen LogP contribution < -0.4 is 0 Å². The van der Waals surface area contributed by atoms with Gasteiger partial charge in [-0.1, -0.05) is 13.8 Å². The van der Waals surface area contributed by atoms with E-state index in [0.717, 1.165) is 32.0 Å². The Labute approximate surface area is 87.1 Å². The quantitative estimate of drug-likeness (QED) is 0.680. The third kappa shape index (κ3) is 3.66. The number of amides is 1. The second-order valence-corrected chi connectivity index (χ2v) is 4.63. The summed E-state index contributed by atoms with van der Waals surface area (Å²) in [6.07, 6.45) is 2.30. The highest BCUT2D eigenvalue weighted by Crippen LogP contribution is 2.06. The van der Waals surface area contributed by atoms with Crippen LogP contribution in [0, 0.1) is 5.92 Å². The van der Waals surface area contributed by atoms with Gasteiger partial charge < -0.3 is 4.90 Å². The first-order chi connectivity index (χ1) is 6.59. The Morgan fingerprint density at radius 1 is 1.36 bits per heavy atom. The molecule has 1 heterocycles. The van der Waals surface area contributed by atoms with E-state index in [1.54, 1.807) is 0 Å². The van der Waals surface area contributed by atoms with Gasteiger partial charge in [-0.25, -0.2) is 0 Å². The van der Waals surface area contributed by atoms with Crippen LogP contribution in [0.2, 0.25) is 0 Å². The largest absolute Gasteiger partial charge is 0.345 e. The zero-order valence-electron chi connectivity index (χ0n) is 9.62. The Kier molecular flexibility index (Phi) is 4.39. The zero-order chi connectivity index (χ0) is 10.6. The maximum atomic E-state index is 11.6. The predicted octanol–water partition coefficient (Wildman–Crippen LogP) is 1.20. The predicted molar refractivity (Wildman–Crippen MR) is 58.1 cm³/mol. The first-order valence-electron chi connectivity index (χ1n) is 5.56. The van der Waals surface area contributed by atoms with Crippen molar-refractivity contribution in [2.45, 2.75) is 26.7 Å². The van der Waals surface area contributed by atoms with E-state index in [-0.39, 0.29) is 5.91 Å². The highest BCUT2D eigenvalue weighted by molar-refractivity contribution is 5.78. The van der Waals surface area contributed by atoms with Gasteiger partial charge in [-0.15, -0.1) is 0 Å². The molecule has 3 heteroatoms. The van der Waals surface area contributed by atoms with Crippen LogP contribution in [0.1, 0.15) is 26.7 Å². The lowest BCUT2D eigenvalue weighted by atomic mass is 10.1. The van der Waals surface area contributed by atoms with Gasteiger partial charge in [-0.2, -0.15) is 0 Å². The zero-order valence-corrected chi connectivity index (χ0v) is 9.62. The SMILES string of the molecule is CC(C)CCN1CCCN(C)C(=O)C1. The van der Waals surface area contributed by atoms with Crippen LogP contribution in [-0.2, 0) is 4.79 Å². The normalized spacial score (nSPS) is 20.3. The van der Waals surface area contributed by atoms with Crippen molar-refractivity contribution in [1.82, 2.24) is 9.80 Å². The molecule has 14 heavy (non-hydrogen) atoms. The van der Waals surface area contributed by atoms with Crippen LogP contribution in [0.4, 0.5) is 0 Å². The van der Waals surface area contributed by atoms with E-state index in [0.29, 0.717) is 6.54 Å². The average Bonchev–Trinajstić information content (AvgIpc) is 2.26. The van der Waals surface area contributed by atoms with Crippen LogP contribution in [0.25, 0.3) is 0 Å². The molecule has 0 bridgehead atoms. The molecule has 0 aliphatic carbocycles. The molecule has 1 fully saturated rings. The van der Waals surface area contributed by atoms with Crippen molar-refractivity contribution in [3.8, 4) is 0 Å². The molecule has 1 aliphatic heterocycles. The molecule has 0 atom stereocenters. The van der Waals surface area contributed by atoms with Crippen molar-refractivity contribution in [3.63, 3.8) is 0 Å². The first kappa shape index (κ1) is 11.5. The Bertz CT molecular complexity index is 192. The highest BCUT2D eigenvalue weighted by atomic mass is 16.2. The first-order valence-corrected chi connectivity index (χ1v) is 5.56. The lowest BCUT2D eigenvalue weighted by Crippen LogP contribution is -2.35. The van der Waals surface area contributed by atoms with Crippen molar-refractivity contribution < 1.29 is 4.79 Å². The van der Waals surface area contributed by atoms with Crippen LogP contribution in [0.15, 0.2) is 0 Å². The lowest BCUT2D eigenvalue weighted by molar-refractivity contribution is -0.129. The van der Waals surface area contributed by atoms with Crippen LogP contribution in [0.5, 0.6) is 0 Å². The van der Waals surface area contributed by atoms with E-state index < -0.39 is 0 Å². The fourth-order valence-electron chi connectivity index (χ4n) is 1.68. The van der Waals surface area contributed by atoms with Crippen LogP contribution in [-0.4, -0.2) is 48.9 Å². The van der Waals surface area contributed by atoms with E-state index in [1.807, 2.05) is 11.9 Å². The molecule has 1 aliphatic rings. The van der Waals surface area contributed by atoms with Gasteiger partial charge >= 0.3 is 0 Å². The van der Waals surface area contributed by atoms with Gasteiger partial charge in [0, 0.05) is 20.1 Å². The summed E-state index contributed by atoms with van der Waals surface area (Å²) in [5.74, 6) is 0.998. The van der Waals surface area contributed by atoms with E-state index in [4.69, 9.17) is 0 Å². The maximum absolute atomic E-state index is 11.6. The van der Waals surface area contributed by atoms with Gasteiger partial charge in [0.2, 0.25) is 5.91 Å². The highest BCUT2D eigenvalue weighted by Gasteiger charge is 2.18. The number of hydrogen-bond acceptors (Lipinski definition) is 2. The summed E-state index contributed by atoms with van der Waals surface area (Å²) < 4.78 is 0. The van der Waals surface area contributed by atoms with Gasteiger partial charge in [0.05, 0.1) is 6.54 Å². The van der Waals surface area contributed by atoms with Crippen molar-refractivity contribution in [2.24, 2.45) is 5.92 Å². The third-order valence-corrected chi connectivity index (χ3v) is 2.78. The Morgan fingerprint density at radius 2 is 2.07 bits per heavy atom. The van der Waals surface area contributed by atoms with E-state index in [1.165, 1.54) is 6.42 Å². The molecule has 1 saturated heterocycles. The fraction of sp³-hybridized carbons (Fsp3) is 0.909. The minimum Gasteiger partial charge on any atom is -0.345 e. The molecule has 0 aromatic heterocycles. The number of likely N-dealkylation sites (N-methyl/N-ethyl adjacent to an activating group) is 1. The summed E-state index contributed by atoms with van der Waals surface area (Å²) >= 11 is 0. The maximum Gasteiger partial charge on any atom is 0.236 e. The molecule has 0 saturated carbocycles. The van der Waals surface area contributed by atoms with Crippen LogP contribution >= 0.6 is 0 Å². The van der Waals surface area contributed by atoms with E-state index >= 15 is 0 Å². The van der Waals surface area contributed by atoms with E-state index in [9.17, 15) is 4.79 Å². The Balaban J connectivity index is 2.35. The van der Waals surface area contributed by atoms with Gasteiger partial charge in [0.25, 0.3) is 0 Å². The Hall–Kier alpha value is -0.570. The standard InChI is InChI=1S/C11H22N2O/c1-10(2)5-8-13-7-4-6-12(3)11(14)9-13/h10H,4-9H2,1-3H3. The smallest absolute Gasteiger partial charge is 0.236 e. The summed E-state index contributed by atoms with van der Waals surface area (Å²) in [5, 5.41) is 0. The molecule has 3 nitrogen and oxygen atoms in total. The fourth-order valence-corrected chi connectivity index (χ4v) is 1.68. The molecule has 0 N–H and O–H groups in total. The second kappa shape index (κ2) is 5.35. The van der Waals surface area contributed by atoms with E-state index in [2.05, 4.69) is 18.7 Å². The molecule has 0 aromatic carbocycles. The summed E-state index contributed by atoms with van der Waals surface area (Å²) in [6, 6.07) is 0. The molecular weight excluding hydrogens is 176 g/mol. The van der Waals surface area contributed by atoms with Crippen molar-refractivity contribution >= 4 is 5.91 Å². The molecule has 0 radical (unpaired) electrons. The van der Waals surface area contributed by atoms with Gasteiger partial charge in [0.15, 0.2) is 0 Å². The summed E-state index contributed by atoms with van der Waals surface area (Å²) in [4.78, 5) is 15.7. The van der Waals surface area contributed by atoms with Gasteiger partial charge in [-0.3, -0.25) is 9.69 Å². The summed E-state index contributed by atoms with van der Waals surface area (Å²) in [5.41, 5.74) is 0. The summed E-state index contributed by atoms with van der Waals surface area (Å²) in [7, 11) is 1.90. The number of nitrogens with zero attached hydrogens (tertiary/aromatic N) is 2. The second-order valence-electron chi connectivity index (χ2n) is 4.63. The molecule has 0 aromatic rings. The number of carbonyl (C=O) groups excluding carboxylic acids is 1. The molecule has 0 unspecified atom stereocenters. The number of carbonyl (C=O) groups is 1. The van der Waals surface area contributed by atoms with Crippen molar-refractivity contribution in [1.29, 1.82) is 0 Å². The Morgan fingerprint density at radius 3 is 2.71 bits per heavy atom. The molecule has 82 valence electrons. The molecule has 0 spiro atoms. The topological polar surface area (TPSA) is 23.6 Å². The van der Waals surface area contributed by atoms with Gasteiger partial charge in [0.1, 0.15) is 0 Å². The molecule has 1 rings (SSSR count). The molecule has 1 amide bonds. The lowest BCUT2D eigenvalue weighted by Gasteiger charge is -2.20. The minimum absolute atomic E-state index is 0.270. The van der Waals surface area contributed by atoms with Crippen LogP contribution in [0.3, 0.4) is 0 Å². The summed E-state index contributed by atoms with van der Waals surface area (Å²) in [6.45, 7) is 8.12. The monoisotopic (exact) mass is 198 g/mol. The minimum atomic E-state index is 0.270.